The number of hydrogen-bond acceptors (Lipinski definition) is 5. The van der Waals surface area contributed by atoms with Crippen molar-refractivity contribution in [3.63, 3.8) is 0 Å². The van der Waals surface area contributed by atoms with Gasteiger partial charge in [0, 0.05) is 24.1 Å². The number of fused-ring (bicyclic) bond motifs is 1. The molecule has 2 aromatic heterocycles. The Kier molecular flexibility index (Phi) is 5.55. The molecule has 33 heavy (non-hydrogen) atoms. The Morgan fingerprint density at radius 2 is 1.73 bits per heavy atom. The fraction of sp³-hybridized carbons (Fsp3) is 0.120. The summed E-state index contributed by atoms with van der Waals surface area (Å²) in [4.78, 5) is 29.3. The Labute approximate surface area is 188 Å². The van der Waals surface area contributed by atoms with E-state index in [1.54, 1.807) is 10.6 Å². The molecule has 0 radical (unpaired) electrons. The number of nitrogens with one attached hydrogen (secondary N) is 2. The molecular formula is C25H21N5O3. The van der Waals surface area contributed by atoms with E-state index in [1.165, 1.54) is 0 Å². The predicted molar refractivity (Wildman–Crippen MR) is 126 cm³/mol. The summed E-state index contributed by atoms with van der Waals surface area (Å²) < 4.78 is 6.79. The van der Waals surface area contributed by atoms with E-state index in [0.29, 0.717) is 35.9 Å². The number of nitrogens with zero attached hydrogens (tertiary/aromatic N) is 3. The van der Waals surface area contributed by atoms with Crippen LogP contribution in [0, 0.1) is 0 Å². The highest BCUT2D eigenvalue weighted by atomic mass is 16.4. The van der Waals surface area contributed by atoms with Crippen LogP contribution in [0.3, 0.4) is 0 Å². The smallest absolute Gasteiger partial charge is 0.408 e. The summed E-state index contributed by atoms with van der Waals surface area (Å²) in [7, 11) is 0. The molecule has 5 rings (SSSR count). The summed E-state index contributed by atoms with van der Waals surface area (Å²) in [6.07, 6.45) is 0.754. The van der Waals surface area contributed by atoms with Gasteiger partial charge in [0.25, 0.3) is 0 Å². The fourth-order valence-electron chi connectivity index (χ4n) is 3.73. The van der Waals surface area contributed by atoms with Crippen LogP contribution in [-0.2, 0) is 11.3 Å². The van der Waals surface area contributed by atoms with Gasteiger partial charge >= 0.3 is 5.76 Å². The summed E-state index contributed by atoms with van der Waals surface area (Å²) in [6, 6.07) is 24.4. The molecule has 0 saturated carbocycles. The molecule has 164 valence electrons. The van der Waals surface area contributed by atoms with E-state index >= 15 is 0 Å². The van der Waals surface area contributed by atoms with E-state index < -0.39 is 5.76 Å². The number of aromatic amines is 1. The molecule has 5 aromatic rings. The Bertz CT molecular complexity index is 1470. The maximum Gasteiger partial charge on any atom is 0.419 e. The van der Waals surface area contributed by atoms with Crippen LogP contribution in [0.25, 0.3) is 33.9 Å². The number of aryl methyl sites for hydroxylation is 1. The largest absolute Gasteiger partial charge is 0.419 e. The summed E-state index contributed by atoms with van der Waals surface area (Å²) in [6.45, 7) is 0.396. The van der Waals surface area contributed by atoms with Gasteiger partial charge in [0.2, 0.25) is 5.91 Å². The molecule has 8 nitrogen and oxygen atoms in total. The lowest BCUT2D eigenvalue weighted by Crippen LogP contribution is -2.17. The highest BCUT2D eigenvalue weighted by molar-refractivity contribution is 5.94. The topological polar surface area (TPSA) is 106 Å². The highest BCUT2D eigenvalue weighted by Gasteiger charge is 2.14. The lowest BCUT2D eigenvalue weighted by atomic mass is 10.1. The van der Waals surface area contributed by atoms with Gasteiger partial charge < -0.3 is 9.73 Å². The number of amides is 1. The van der Waals surface area contributed by atoms with Crippen molar-refractivity contribution in [3.8, 4) is 22.8 Å². The summed E-state index contributed by atoms with van der Waals surface area (Å²) in [5.74, 6) is 0.596. The Morgan fingerprint density at radius 1 is 0.970 bits per heavy atom. The number of rotatable bonds is 7. The first-order valence-electron chi connectivity index (χ1n) is 10.6. The van der Waals surface area contributed by atoms with Gasteiger partial charge in [-0.2, -0.15) is 5.10 Å². The van der Waals surface area contributed by atoms with Gasteiger partial charge in [0.1, 0.15) is 0 Å². The number of carbonyl (C=O) groups excluding carboxylic acids is 1. The second kappa shape index (κ2) is 8.96. The zero-order valence-electron chi connectivity index (χ0n) is 17.7. The van der Waals surface area contributed by atoms with Crippen molar-refractivity contribution >= 4 is 22.7 Å². The molecule has 1 amide bonds. The van der Waals surface area contributed by atoms with Crippen LogP contribution < -0.4 is 11.1 Å². The molecule has 0 saturated heterocycles. The van der Waals surface area contributed by atoms with Gasteiger partial charge in [-0.1, -0.05) is 54.6 Å². The van der Waals surface area contributed by atoms with Crippen molar-refractivity contribution < 1.29 is 9.21 Å². The third-order valence-corrected chi connectivity index (χ3v) is 5.33. The first-order valence-corrected chi connectivity index (χ1v) is 10.6. The van der Waals surface area contributed by atoms with Gasteiger partial charge in [-0.15, -0.1) is 0 Å². The molecule has 0 aliphatic rings. The Balaban J connectivity index is 1.27. The third kappa shape index (κ3) is 4.31. The third-order valence-electron chi connectivity index (χ3n) is 5.33. The highest BCUT2D eigenvalue weighted by Crippen LogP contribution is 2.27. The van der Waals surface area contributed by atoms with Gasteiger partial charge in [0.15, 0.2) is 17.2 Å². The first-order chi connectivity index (χ1) is 16.2. The van der Waals surface area contributed by atoms with E-state index in [-0.39, 0.29) is 12.3 Å². The van der Waals surface area contributed by atoms with Crippen LogP contribution in [0.5, 0.6) is 0 Å². The normalized spacial score (nSPS) is 11.0. The molecular weight excluding hydrogens is 418 g/mol. The van der Waals surface area contributed by atoms with Crippen molar-refractivity contribution in [1.82, 2.24) is 19.7 Å². The van der Waals surface area contributed by atoms with Crippen LogP contribution in [0.1, 0.15) is 12.8 Å². The molecule has 3 aromatic carbocycles. The van der Waals surface area contributed by atoms with Gasteiger partial charge in [-0.25, -0.2) is 9.78 Å². The number of aromatic nitrogens is 4. The van der Waals surface area contributed by atoms with Crippen LogP contribution in [-0.4, -0.2) is 25.7 Å². The van der Waals surface area contributed by atoms with E-state index in [2.05, 4.69) is 20.5 Å². The maximum absolute atomic E-state index is 12.6. The van der Waals surface area contributed by atoms with Crippen molar-refractivity contribution in [2.24, 2.45) is 0 Å². The van der Waals surface area contributed by atoms with E-state index in [9.17, 15) is 9.59 Å². The molecule has 0 unspecified atom stereocenters. The molecule has 2 heterocycles. The number of para-hydroxylation sites is 3. The summed E-state index contributed by atoms with van der Waals surface area (Å²) in [5.41, 5.74) is 3.57. The number of carbonyl (C=O) groups is 1. The monoisotopic (exact) mass is 439 g/mol. The lowest BCUT2D eigenvalue weighted by Gasteiger charge is -2.09. The number of oxazole rings is 1. The SMILES string of the molecule is O=C(CCCn1c(=O)oc2ccccc21)Nc1ccccc1-c1nc(-c2ccccc2)n[nH]1. The summed E-state index contributed by atoms with van der Waals surface area (Å²) in [5, 5.41) is 10.2. The van der Waals surface area contributed by atoms with Crippen LogP contribution >= 0.6 is 0 Å². The molecule has 0 spiro atoms. The molecule has 0 atom stereocenters. The number of benzene rings is 3. The zero-order chi connectivity index (χ0) is 22.6. The number of anilines is 1. The molecule has 0 fully saturated rings. The van der Waals surface area contributed by atoms with E-state index in [1.807, 2.05) is 72.8 Å². The molecule has 0 aliphatic heterocycles. The van der Waals surface area contributed by atoms with Crippen molar-refractivity contribution in [2.45, 2.75) is 19.4 Å². The first kappa shape index (κ1) is 20.4. The minimum atomic E-state index is -0.415. The van der Waals surface area contributed by atoms with Crippen LogP contribution in [0.4, 0.5) is 5.69 Å². The molecule has 0 aliphatic carbocycles. The number of H-pyrrole nitrogens is 1. The predicted octanol–water partition coefficient (Wildman–Crippen LogP) is 4.47. The number of hydrogen-bond donors (Lipinski definition) is 2. The molecule has 2 N–H and O–H groups in total. The fourth-order valence-corrected chi connectivity index (χ4v) is 3.73. The lowest BCUT2D eigenvalue weighted by molar-refractivity contribution is -0.116. The van der Waals surface area contributed by atoms with E-state index in [0.717, 1.165) is 16.6 Å². The molecule has 0 bridgehead atoms. The minimum absolute atomic E-state index is 0.147. The van der Waals surface area contributed by atoms with Crippen molar-refractivity contribution in [1.29, 1.82) is 0 Å². The second-order valence-corrected chi connectivity index (χ2v) is 7.56. The minimum Gasteiger partial charge on any atom is -0.408 e. The standard InChI is InChI=1S/C25H21N5O3/c31-22(15-8-16-30-20-13-6-7-14-21(20)33-25(30)32)26-19-12-5-4-11-18(19)24-27-23(28-29-24)17-9-2-1-3-10-17/h1-7,9-14H,8,15-16H2,(H,26,31)(H,27,28,29). The van der Waals surface area contributed by atoms with E-state index in [4.69, 9.17) is 4.42 Å². The second-order valence-electron chi connectivity index (χ2n) is 7.56. The average Bonchev–Trinajstić information content (AvgIpc) is 3.45. The van der Waals surface area contributed by atoms with Crippen LogP contribution in [0.15, 0.2) is 88.1 Å². The Hall–Kier alpha value is -4.46. The van der Waals surface area contributed by atoms with Gasteiger partial charge in [0.05, 0.1) is 11.2 Å². The average molecular weight is 439 g/mol. The van der Waals surface area contributed by atoms with Crippen molar-refractivity contribution in [2.75, 3.05) is 5.32 Å². The van der Waals surface area contributed by atoms with Crippen molar-refractivity contribution in [3.05, 3.63) is 89.4 Å². The Morgan fingerprint density at radius 3 is 2.61 bits per heavy atom. The molecule has 8 heteroatoms. The van der Waals surface area contributed by atoms with Crippen LogP contribution in [0.2, 0.25) is 0 Å². The quantitative estimate of drug-likeness (QED) is 0.389. The summed E-state index contributed by atoms with van der Waals surface area (Å²) >= 11 is 0. The maximum atomic E-state index is 12.6. The van der Waals surface area contributed by atoms with Gasteiger partial charge in [-0.3, -0.25) is 14.5 Å². The van der Waals surface area contributed by atoms with Gasteiger partial charge in [-0.05, 0) is 30.7 Å². The zero-order valence-corrected chi connectivity index (χ0v) is 17.7.